The molecular weight excluding hydrogens is 188 g/mol. The van der Waals surface area contributed by atoms with Crippen molar-refractivity contribution in [1.82, 2.24) is 0 Å². The van der Waals surface area contributed by atoms with E-state index in [1.807, 2.05) is 0 Å². The minimum Gasteiger partial charge on any atom is -0.468 e. The fraction of sp³-hybridized carbons (Fsp3) is 0.444. The van der Waals surface area contributed by atoms with E-state index >= 15 is 0 Å². The average Bonchev–Trinajstić information content (AvgIpc) is 2.17. The Balaban J connectivity index is 4.90. The Morgan fingerprint density at radius 1 is 1.14 bits per heavy atom. The minimum atomic E-state index is -1.16. The van der Waals surface area contributed by atoms with Crippen LogP contribution in [-0.4, -0.2) is 32.4 Å². The van der Waals surface area contributed by atoms with Crippen LogP contribution in [0.4, 0.5) is 0 Å². The molecule has 14 heavy (non-hydrogen) atoms. The molecular formula is C9H12O5. The van der Waals surface area contributed by atoms with E-state index < -0.39 is 17.9 Å². The maximum Gasteiger partial charge on any atom is 0.324 e. The predicted octanol–water partition coefficient (Wildman–Crippen LogP) is 0.0938. The zero-order chi connectivity index (χ0) is 11.1. The Labute approximate surface area is 81.7 Å². The van der Waals surface area contributed by atoms with E-state index in [1.165, 1.54) is 6.92 Å². The molecule has 0 atom stereocenters. The quantitative estimate of drug-likeness (QED) is 0.278. The molecule has 0 radical (unpaired) electrons. The number of methoxy groups -OCH3 is 2. The number of esters is 2. The zero-order valence-electron chi connectivity index (χ0n) is 8.27. The third-order valence-electron chi connectivity index (χ3n) is 1.66. The standard InChI is InChI=1S/C9H12O5/c1-6(4-5-10)7(8(11)13-2)9(12)14-3/h4-5,7H,1-3H3. The van der Waals surface area contributed by atoms with E-state index in [1.54, 1.807) is 0 Å². The van der Waals surface area contributed by atoms with Crippen LogP contribution < -0.4 is 0 Å². The van der Waals surface area contributed by atoms with Crippen LogP contribution in [0.1, 0.15) is 6.92 Å². The Morgan fingerprint density at radius 3 is 1.86 bits per heavy atom. The third kappa shape index (κ3) is 3.01. The maximum atomic E-state index is 11.1. The molecule has 0 spiro atoms. The number of rotatable bonds is 4. The van der Waals surface area contributed by atoms with Gasteiger partial charge in [0.15, 0.2) is 5.92 Å². The lowest BCUT2D eigenvalue weighted by Crippen LogP contribution is -2.27. The van der Waals surface area contributed by atoms with Gasteiger partial charge in [-0.15, -0.1) is 0 Å². The largest absolute Gasteiger partial charge is 0.468 e. The molecule has 0 aromatic heterocycles. The summed E-state index contributed by atoms with van der Waals surface area (Å²) >= 11 is 0. The van der Waals surface area contributed by atoms with Crippen LogP contribution >= 0.6 is 0 Å². The van der Waals surface area contributed by atoms with Crippen LogP contribution in [0.5, 0.6) is 0 Å². The SMILES string of the molecule is COC(=O)C(C(=O)OC)C(C)=CC=O. The van der Waals surface area contributed by atoms with Crippen molar-refractivity contribution in [2.75, 3.05) is 14.2 Å². The van der Waals surface area contributed by atoms with E-state index in [2.05, 4.69) is 9.47 Å². The second kappa shape index (κ2) is 5.90. The molecule has 0 aliphatic heterocycles. The summed E-state index contributed by atoms with van der Waals surface area (Å²) in [6.45, 7) is 1.48. The van der Waals surface area contributed by atoms with Crippen molar-refractivity contribution < 1.29 is 23.9 Å². The number of hydrogen-bond acceptors (Lipinski definition) is 5. The van der Waals surface area contributed by atoms with Gasteiger partial charge in [-0.25, -0.2) is 0 Å². The summed E-state index contributed by atoms with van der Waals surface area (Å²) in [5.74, 6) is -2.64. The first-order valence-corrected chi connectivity index (χ1v) is 3.86. The topological polar surface area (TPSA) is 69.7 Å². The number of allylic oxidation sites excluding steroid dienone is 1. The number of carbonyl (C=O) groups excluding carboxylic acids is 3. The summed E-state index contributed by atoms with van der Waals surface area (Å²) in [6.07, 6.45) is 1.62. The monoisotopic (exact) mass is 200 g/mol. The lowest BCUT2D eigenvalue weighted by Gasteiger charge is -2.11. The van der Waals surface area contributed by atoms with Gasteiger partial charge in [0, 0.05) is 0 Å². The fourth-order valence-corrected chi connectivity index (χ4v) is 0.907. The first kappa shape index (κ1) is 12.3. The zero-order valence-corrected chi connectivity index (χ0v) is 8.27. The van der Waals surface area contributed by atoms with Crippen LogP contribution in [0.15, 0.2) is 11.6 Å². The van der Waals surface area contributed by atoms with Gasteiger partial charge in [0.2, 0.25) is 0 Å². The molecule has 0 N–H and O–H groups in total. The van der Waals surface area contributed by atoms with Crippen molar-refractivity contribution in [2.45, 2.75) is 6.92 Å². The first-order chi connectivity index (χ1) is 6.58. The number of aldehydes is 1. The van der Waals surface area contributed by atoms with Crippen molar-refractivity contribution in [1.29, 1.82) is 0 Å². The average molecular weight is 200 g/mol. The molecule has 5 heteroatoms. The van der Waals surface area contributed by atoms with Crippen molar-refractivity contribution in [3.05, 3.63) is 11.6 Å². The molecule has 0 heterocycles. The molecule has 0 unspecified atom stereocenters. The predicted molar refractivity (Wildman–Crippen MR) is 47.3 cm³/mol. The van der Waals surface area contributed by atoms with E-state index in [9.17, 15) is 14.4 Å². The van der Waals surface area contributed by atoms with E-state index in [-0.39, 0.29) is 0 Å². The van der Waals surface area contributed by atoms with Crippen LogP contribution in [0, 0.1) is 5.92 Å². The Hall–Kier alpha value is -1.65. The highest BCUT2D eigenvalue weighted by Crippen LogP contribution is 2.13. The maximum absolute atomic E-state index is 11.1. The highest BCUT2D eigenvalue weighted by molar-refractivity contribution is 5.98. The van der Waals surface area contributed by atoms with Crippen molar-refractivity contribution in [3.8, 4) is 0 Å². The van der Waals surface area contributed by atoms with Crippen LogP contribution in [-0.2, 0) is 23.9 Å². The van der Waals surface area contributed by atoms with Gasteiger partial charge in [-0.3, -0.25) is 14.4 Å². The molecule has 0 saturated carbocycles. The lowest BCUT2D eigenvalue weighted by atomic mass is 10.0. The molecule has 0 aromatic carbocycles. The van der Waals surface area contributed by atoms with Gasteiger partial charge in [-0.2, -0.15) is 0 Å². The summed E-state index contributed by atoms with van der Waals surface area (Å²) in [4.78, 5) is 32.5. The highest BCUT2D eigenvalue weighted by Gasteiger charge is 2.29. The summed E-state index contributed by atoms with van der Waals surface area (Å²) < 4.78 is 8.81. The van der Waals surface area contributed by atoms with Crippen molar-refractivity contribution in [2.24, 2.45) is 5.92 Å². The normalized spacial score (nSPS) is 11.0. The van der Waals surface area contributed by atoms with Crippen LogP contribution in [0.3, 0.4) is 0 Å². The Bertz CT molecular complexity index is 250. The van der Waals surface area contributed by atoms with Gasteiger partial charge < -0.3 is 9.47 Å². The molecule has 0 rings (SSSR count). The van der Waals surface area contributed by atoms with E-state index in [0.717, 1.165) is 20.3 Å². The smallest absolute Gasteiger partial charge is 0.324 e. The molecule has 5 nitrogen and oxygen atoms in total. The van der Waals surface area contributed by atoms with Crippen LogP contribution in [0.25, 0.3) is 0 Å². The highest BCUT2D eigenvalue weighted by atomic mass is 16.5. The second-order valence-electron chi connectivity index (χ2n) is 2.53. The number of carbonyl (C=O) groups is 3. The van der Waals surface area contributed by atoms with E-state index in [4.69, 9.17) is 0 Å². The van der Waals surface area contributed by atoms with Gasteiger partial charge >= 0.3 is 11.9 Å². The number of ether oxygens (including phenoxy) is 2. The summed E-state index contributed by atoms with van der Waals surface area (Å²) in [5, 5.41) is 0. The second-order valence-corrected chi connectivity index (χ2v) is 2.53. The van der Waals surface area contributed by atoms with Gasteiger partial charge in [0.1, 0.15) is 6.29 Å². The summed E-state index contributed by atoms with van der Waals surface area (Å²) in [5.41, 5.74) is 0.290. The first-order valence-electron chi connectivity index (χ1n) is 3.86. The third-order valence-corrected chi connectivity index (χ3v) is 1.66. The fourth-order valence-electron chi connectivity index (χ4n) is 0.907. The summed E-state index contributed by atoms with van der Waals surface area (Å²) in [7, 11) is 2.32. The van der Waals surface area contributed by atoms with Crippen molar-refractivity contribution in [3.63, 3.8) is 0 Å². The Morgan fingerprint density at radius 2 is 1.57 bits per heavy atom. The molecule has 78 valence electrons. The molecule has 0 amide bonds. The van der Waals surface area contributed by atoms with Gasteiger partial charge in [0.05, 0.1) is 14.2 Å². The van der Waals surface area contributed by atoms with Gasteiger partial charge in [-0.1, -0.05) is 0 Å². The molecule has 0 aliphatic carbocycles. The van der Waals surface area contributed by atoms with Gasteiger partial charge in [-0.05, 0) is 18.6 Å². The van der Waals surface area contributed by atoms with Crippen molar-refractivity contribution >= 4 is 18.2 Å². The minimum absolute atomic E-state index is 0.290. The lowest BCUT2D eigenvalue weighted by molar-refractivity contribution is -0.156. The molecule has 0 fully saturated rings. The Kier molecular flexibility index (Phi) is 5.21. The molecule has 0 saturated heterocycles. The molecule has 0 aromatic rings. The number of hydrogen-bond donors (Lipinski definition) is 0. The van der Waals surface area contributed by atoms with E-state index in [0.29, 0.717) is 11.9 Å². The molecule has 0 bridgehead atoms. The molecule has 0 aliphatic rings. The van der Waals surface area contributed by atoms with Gasteiger partial charge in [0.25, 0.3) is 0 Å². The van der Waals surface area contributed by atoms with Crippen LogP contribution in [0.2, 0.25) is 0 Å². The summed E-state index contributed by atoms with van der Waals surface area (Å²) in [6, 6.07) is 0.